The van der Waals surface area contributed by atoms with Crippen LogP contribution in [-0.4, -0.2) is 12.6 Å². The zero-order valence-electron chi connectivity index (χ0n) is 10.8. The smallest absolute Gasteiger partial charge is 0.0727 e. The molecular formula is C17H19N. The lowest BCUT2D eigenvalue weighted by Crippen LogP contribution is -2.30. The van der Waals surface area contributed by atoms with Crippen LogP contribution in [0, 0.1) is 12.3 Å². The van der Waals surface area contributed by atoms with Gasteiger partial charge in [0.15, 0.2) is 0 Å². The molecule has 1 heteroatoms. The van der Waals surface area contributed by atoms with Crippen molar-refractivity contribution in [3.63, 3.8) is 0 Å². The largest absolute Gasteiger partial charge is 0.303 e. The molecule has 0 spiro atoms. The normalized spacial score (nSPS) is 12.2. The van der Waals surface area contributed by atoms with Crippen LogP contribution in [0.2, 0.25) is 0 Å². The summed E-state index contributed by atoms with van der Waals surface area (Å²) in [5.74, 6) is 2.84. The van der Waals surface area contributed by atoms with Gasteiger partial charge in [0, 0.05) is 0 Å². The van der Waals surface area contributed by atoms with Crippen LogP contribution in [0.15, 0.2) is 42.5 Å². The van der Waals surface area contributed by atoms with Crippen LogP contribution in [0.5, 0.6) is 0 Å². The maximum Gasteiger partial charge on any atom is 0.0727 e. The molecule has 0 radical (unpaired) electrons. The molecule has 0 saturated carbocycles. The van der Waals surface area contributed by atoms with Crippen molar-refractivity contribution in [1.82, 2.24) is 5.32 Å². The lowest BCUT2D eigenvalue weighted by atomic mass is 9.99. The minimum absolute atomic E-state index is 0.121. The van der Waals surface area contributed by atoms with Gasteiger partial charge in [-0.3, -0.25) is 0 Å². The molecule has 0 aromatic heterocycles. The molecule has 0 bridgehead atoms. The van der Waals surface area contributed by atoms with Crippen LogP contribution in [0.25, 0.3) is 10.8 Å². The third-order valence-corrected chi connectivity index (χ3v) is 3.15. The Labute approximate surface area is 109 Å². The second-order valence-electron chi connectivity index (χ2n) is 4.52. The zero-order chi connectivity index (χ0) is 12.8. The number of terminal acetylenes is 1. The molecule has 2 aromatic rings. The Hall–Kier alpha value is -1.78. The number of nitrogens with one attached hydrogen (secondary N) is 1. The second-order valence-corrected chi connectivity index (χ2v) is 4.52. The molecule has 0 heterocycles. The first-order valence-corrected chi connectivity index (χ1v) is 6.51. The number of hydrogen-bond acceptors (Lipinski definition) is 1. The van der Waals surface area contributed by atoms with Crippen LogP contribution in [0.4, 0.5) is 0 Å². The van der Waals surface area contributed by atoms with Gasteiger partial charge in [-0.2, -0.15) is 0 Å². The van der Waals surface area contributed by atoms with E-state index in [2.05, 4.69) is 60.6 Å². The number of benzene rings is 2. The Morgan fingerprint density at radius 2 is 1.94 bits per heavy atom. The van der Waals surface area contributed by atoms with Crippen LogP contribution in [0.3, 0.4) is 0 Å². The highest BCUT2D eigenvalue weighted by Gasteiger charge is 2.07. The molecule has 0 aliphatic heterocycles. The molecular weight excluding hydrogens is 218 g/mol. The van der Waals surface area contributed by atoms with Crippen molar-refractivity contribution in [2.45, 2.75) is 25.8 Å². The SMILES string of the molecule is C#CC(Cc1cccc2ccccc12)NCCC. The average Bonchev–Trinajstić information content (AvgIpc) is 2.43. The first-order chi connectivity index (χ1) is 8.85. The van der Waals surface area contributed by atoms with Crippen LogP contribution in [-0.2, 0) is 6.42 Å². The van der Waals surface area contributed by atoms with E-state index in [4.69, 9.17) is 6.42 Å². The molecule has 1 nitrogen and oxygen atoms in total. The van der Waals surface area contributed by atoms with E-state index in [1.54, 1.807) is 0 Å². The molecule has 92 valence electrons. The fourth-order valence-electron chi connectivity index (χ4n) is 2.20. The van der Waals surface area contributed by atoms with E-state index in [-0.39, 0.29) is 6.04 Å². The van der Waals surface area contributed by atoms with E-state index in [1.165, 1.54) is 16.3 Å². The Kier molecular flexibility index (Phi) is 4.39. The molecule has 2 aromatic carbocycles. The Bertz CT molecular complexity index is 546. The lowest BCUT2D eigenvalue weighted by Gasteiger charge is -2.14. The summed E-state index contributed by atoms with van der Waals surface area (Å²) in [5, 5.41) is 5.98. The molecule has 18 heavy (non-hydrogen) atoms. The van der Waals surface area contributed by atoms with E-state index >= 15 is 0 Å². The van der Waals surface area contributed by atoms with E-state index in [0.29, 0.717) is 0 Å². The molecule has 1 atom stereocenters. The highest BCUT2D eigenvalue weighted by Crippen LogP contribution is 2.19. The van der Waals surface area contributed by atoms with Crippen molar-refractivity contribution in [3.8, 4) is 12.3 Å². The first-order valence-electron chi connectivity index (χ1n) is 6.51. The highest BCUT2D eigenvalue weighted by molar-refractivity contribution is 5.85. The second kappa shape index (κ2) is 6.23. The summed E-state index contributed by atoms with van der Waals surface area (Å²) < 4.78 is 0. The number of hydrogen-bond donors (Lipinski definition) is 1. The topological polar surface area (TPSA) is 12.0 Å². The average molecular weight is 237 g/mol. The number of fused-ring (bicyclic) bond motifs is 1. The lowest BCUT2D eigenvalue weighted by molar-refractivity contribution is 0.599. The maximum atomic E-state index is 5.59. The van der Waals surface area contributed by atoms with E-state index in [9.17, 15) is 0 Å². The fraction of sp³-hybridized carbons (Fsp3) is 0.294. The van der Waals surface area contributed by atoms with Crippen LogP contribution < -0.4 is 5.32 Å². The van der Waals surface area contributed by atoms with Gasteiger partial charge in [0.2, 0.25) is 0 Å². The van der Waals surface area contributed by atoms with Gasteiger partial charge < -0.3 is 5.32 Å². The van der Waals surface area contributed by atoms with Gasteiger partial charge in [-0.05, 0) is 35.7 Å². The molecule has 0 amide bonds. The third kappa shape index (κ3) is 2.91. The predicted octanol–water partition coefficient (Wildman–Crippen LogP) is 3.38. The third-order valence-electron chi connectivity index (χ3n) is 3.15. The summed E-state index contributed by atoms with van der Waals surface area (Å²) in [6.07, 6.45) is 7.58. The molecule has 2 rings (SSSR count). The monoisotopic (exact) mass is 237 g/mol. The zero-order valence-corrected chi connectivity index (χ0v) is 10.8. The van der Waals surface area contributed by atoms with Gasteiger partial charge in [-0.1, -0.05) is 55.3 Å². The molecule has 0 aliphatic carbocycles. The van der Waals surface area contributed by atoms with Crippen molar-refractivity contribution in [3.05, 3.63) is 48.0 Å². The minimum Gasteiger partial charge on any atom is -0.303 e. The van der Waals surface area contributed by atoms with Gasteiger partial charge in [-0.15, -0.1) is 6.42 Å². The van der Waals surface area contributed by atoms with Gasteiger partial charge in [0.25, 0.3) is 0 Å². The van der Waals surface area contributed by atoms with Crippen molar-refractivity contribution < 1.29 is 0 Å². The van der Waals surface area contributed by atoms with Gasteiger partial charge in [0.05, 0.1) is 6.04 Å². The Morgan fingerprint density at radius 3 is 2.72 bits per heavy atom. The van der Waals surface area contributed by atoms with Gasteiger partial charge >= 0.3 is 0 Å². The molecule has 0 fully saturated rings. The van der Waals surface area contributed by atoms with Crippen molar-refractivity contribution >= 4 is 10.8 Å². The molecule has 0 saturated heterocycles. The summed E-state index contributed by atoms with van der Waals surface area (Å²) in [6, 6.07) is 15.0. The summed E-state index contributed by atoms with van der Waals surface area (Å²) in [5.41, 5.74) is 1.32. The maximum absolute atomic E-state index is 5.59. The Morgan fingerprint density at radius 1 is 1.17 bits per heavy atom. The summed E-state index contributed by atoms with van der Waals surface area (Å²) in [4.78, 5) is 0. The summed E-state index contributed by atoms with van der Waals surface area (Å²) in [6.45, 7) is 3.12. The van der Waals surface area contributed by atoms with Crippen molar-refractivity contribution in [2.75, 3.05) is 6.54 Å². The van der Waals surface area contributed by atoms with E-state index in [1.807, 2.05) is 0 Å². The molecule has 1 N–H and O–H groups in total. The Balaban J connectivity index is 2.23. The summed E-state index contributed by atoms with van der Waals surface area (Å²) in [7, 11) is 0. The number of rotatable bonds is 5. The molecule has 0 aliphatic rings. The summed E-state index contributed by atoms with van der Waals surface area (Å²) >= 11 is 0. The highest BCUT2D eigenvalue weighted by atomic mass is 14.9. The van der Waals surface area contributed by atoms with Crippen molar-refractivity contribution in [2.24, 2.45) is 0 Å². The first kappa shape index (κ1) is 12.7. The van der Waals surface area contributed by atoms with Crippen LogP contribution >= 0.6 is 0 Å². The fourth-order valence-corrected chi connectivity index (χ4v) is 2.20. The quantitative estimate of drug-likeness (QED) is 0.786. The van der Waals surface area contributed by atoms with Gasteiger partial charge in [0.1, 0.15) is 0 Å². The predicted molar refractivity (Wildman–Crippen MR) is 78.6 cm³/mol. The van der Waals surface area contributed by atoms with Gasteiger partial charge in [-0.25, -0.2) is 0 Å². The minimum atomic E-state index is 0.121. The van der Waals surface area contributed by atoms with Crippen molar-refractivity contribution in [1.29, 1.82) is 0 Å². The van der Waals surface area contributed by atoms with E-state index < -0.39 is 0 Å². The van der Waals surface area contributed by atoms with Crippen LogP contribution in [0.1, 0.15) is 18.9 Å². The molecule has 1 unspecified atom stereocenters. The standard InChI is InChI=1S/C17H19N/c1-3-12-18-16(4-2)13-15-10-7-9-14-8-5-6-11-17(14)15/h2,5-11,16,18H,3,12-13H2,1H3. The van der Waals surface area contributed by atoms with E-state index in [0.717, 1.165) is 19.4 Å².